The highest BCUT2D eigenvalue weighted by Crippen LogP contribution is 2.26. The van der Waals surface area contributed by atoms with E-state index < -0.39 is 5.97 Å². The molecular weight excluding hydrogens is 194 g/mol. The van der Waals surface area contributed by atoms with Crippen molar-refractivity contribution in [2.45, 2.75) is 45.6 Å². The molecular formula is C11H19NO3. The zero-order valence-corrected chi connectivity index (χ0v) is 9.40. The summed E-state index contributed by atoms with van der Waals surface area (Å²) in [6, 6.07) is 0.0566. The molecule has 15 heavy (non-hydrogen) atoms. The van der Waals surface area contributed by atoms with Crippen LogP contribution in [0.2, 0.25) is 0 Å². The fourth-order valence-electron chi connectivity index (χ4n) is 2.34. The minimum absolute atomic E-state index is 0.0566. The number of rotatable bonds is 3. The van der Waals surface area contributed by atoms with E-state index in [0.717, 1.165) is 12.8 Å². The predicted octanol–water partition coefficient (Wildman–Crippen LogP) is 1.50. The van der Waals surface area contributed by atoms with Gasteiger partial charge in [-0.15, -0.1) is 0 Å². The van der Waals surface area contributed by atoms with Crippen LogP contribution in [0.1, 0.15) is 39.5 Å². The molecule has 1 amide bonds. The van der Waals surface area contributed by atoms with Crippen molar-refractivity contribution in [3.05, 3.63) is 0 Å². The Hall–Kier alpha value is -1.06. The average Bonchev–Trinajstić information content (AvgIpc) is 2.27. The maximum atomic E-state index is 11.7. The number of carbonyl (C=O) groups excluding carboxylic acids is 1. The van der Waals surface area contributed by atoms with Gasteiger partial charge in [0.2, 0.25) is 5.91 Å². The van der Waals surface area contributed by atoms with Gasteiger partial charge in [-0.2, -0.15) is 0 Å². The molecule has 4 nitrogen and oxygen atoms in total. The third kappa shape index (κ3) is 2.94. The molecule has 0 spiro atoms. The number of nitrogens with zero attached hydrogens (tertiary/aromatic N) is 1. The molecule has 0 aliphatic carbocycles. The predicted molar refractivity (Wildman–Crippen MR) is 56.4 cm³/mol. The van der Waals surface area contributed by atoms with E-state index in [-0.39, 0.29) is 24.3 Å². The van der Waals surface area contributed by atoms with Crippen LogP contribution in [0.25, 0.3) is 0 Å². The Balaban J connectivity index is 2.72. The van der Waals surface area contributed by atoms with E-state index in [1.807, 2.05) is 13.8 Å². The van der Waals surface area contributed by atoms with Crippen molar-refractivity contribution in [3.63, 3.8) is 0 Å². The highest BCUT2D eigenvalue weighted by atomic mass is 16.4. The van der Waals surface area contributed by atoms with Crippen molar-refractivity contribution in [1.29, 1.82) is 0 Å². The number of amides is 1. The lowest BCUT2D eigenvalue weighted by Crippen LogP contribution is -2.41. The summed E-state index contributed by atoms with van der Waals surface area (Å²) in [5.74, 6) is -0.496. The lowest BCUT2D eigenvalue weighted by molar-refractivity contribution is -0.140. The summed E-state index contributed by atoms with van der Waals surface area (Å²) >= 11 is 0. The van der Waals surface area contributed by atoms with Gasteiger partial charge in [-0.1, -0.05) is 0 Å². The van der Waals surface area contributed by atoms with Crippen molar-refractivity contribution < 1.29 is 14.7 Å². The lowest BCUT2D eigenvalue weighted by atomic mass is 9.92. The fourth-order valence-corrected chi connectivity index (χ4v) is 2.34. The zero-order chi connectivity index (χ0) is 11.4. The SMILES string of the molecule is CCN1C(=O)CCC[C@H](CC(=O)O)[C@H]1C. The Morgan fingerprint density at radius 2 is 2.27 bits per heavy atom. The first-order valence-corrected chi connectivity index (χ1v) is 5.57. The van der Waals surface area contributed by atoms with E-state index in [9.17, 15) is 9.59 Å². The van der Waals surface area contributed by atoms with Gasteiger partial charge in [-0.3, -0.25) is 9.59 Å². The van der Waals surface area contributed by atoms with E-state index >= 15 is 0 Å². The summed E-state index contributed by atoms with van der Waals surface area (Å²) in [7, 11) is 0. The summed E-state index contributed by atoms with van der Waals surface area (Å²) in [5, 5.41) is 8.80. The van der Waals surface area contributed by atoms with Crippen molar-refractivity contribution in [2.75, 3.05) is 6.54 Å². The molecule has 4 heteroatoms. The fraction of sp³-hybridized carbons (Fsp3) is 0.818. The van der Waals surface area contributed by atoms with Crippen LogP contribution < -0.4 is 0 Å². The third-order valence-electron chi connectivity index (χ3n) is 3.24. The number of carbonyl (C=O) groups is 2. The van der Waals surface area contributed by atoms with Crippen LogP contribution in [0.4, 0.5) is 0 Å². The summed E-state index contributed by atoms with van der Waals surface area (Å²) in [6.45, 7) is 4.58. The van der Waals surface area contributed by atoms with Crippen molar-refractivity contribution in [1.82, 2.24) is 4.90 Å². The number of likely N-dealkylation sites (tertiary alicyclic amines) is 1. The maximum Gasteiger partial charge on any atom is 0.303 e. The van der Waals surface area contributed by atoms with Crippen molar-refractivity contribution in [2.24, 2.45) is 5.92 Å². The minimum Gasteiger partial charge on any atom is -0.481 e. The standard InChI is InChI=1S/C11H19NO3/c1-3-12-8(2)9(7-11(14)15)5-4-6-10(12)13/h8-9H,3-7H2,1-2H3,(H,14,15)/t8-,9-/m1/s1. The van der Waals surface area contributed by atoms with Gasteiger partial charge in [0.1, 0.15) is 0 Å². The highest BCUT2D eigenvalue weighted by molar-refractivity contribution is 5.77. The molecule has 0 aromatic rings. The van der Waals surface area contributed by atoms with Crippen LogP contribution in [0.5, 0.6) is 0 Å². The highest BCUT2D eigenvalue weighted by Gasteiger charge is 2.30. The van der Waals surface area contributed by atoms with Gasteiger partial charge in [0, 0.05) is 19.0 Å². The van der Waals surface area contributed by atoms with Crippen LogP contribution in [0, 0.1) is 5.92 Å². The second-order valence-electron chi connectivity index (χ2n) is 4.17. The minimum atomic E-state index is -0.766. The monoisotopic (exact) mass is 213 g/mol. The second kappa shape index (κ2) is 5.14. The molecule has 1 aliphatic heterocycles. The van der Waals surface area contributed by atoms with E-state index in [4.69, 9.17) is 5.11 Å². The molecule has 0 radical (unpaired) electrons. The first-order chi connectivity index (χ1) is 7.06. The Kier molecular flexibility index (Phi) is 4.12. The molecule has 1 rings (SSSR count). The largest absolute Gasteiger partial charge is 0.481 e. The summed E-state index contributed by atoms with van der Waals surface area (Å²) in [4.78, 5) is 24.2. The first-order valence-electron chi connectivity index (χ1n) is 5.57. The van der Waals surface area contributed by atoms with Gasteiger partial charge in [0.25, 0.3) is 0 Å². The lowest BCUT2D eigenvalue weighted by Gasteiger charge is -2.30. The molecule has 1 N–H and O–H groups in total. The van der Waals surface area contributed by atoms with Gasteiger partial charge in [-0.05, 0) is 32.6 Å². The Bertz CT molecular complexity index is 252. The summed E-state index contributed by atoms with van der Waals surface area (Å²) in [6.07, 6.45) is 2.40. The number of carboxylic acid groups (broad SMARTS) is 1. The third-order valence-corrected chi connectivity index (χ3v) is 3.24. The van der Waals surface area contributed by atoms with Crippen LogP contribution in [0.15, 0.2) is 0 Å². The number of hydrogen-bond acceptors (Lipinski definition) is 2. The van der Waals surface area contributed by atoms with Crippen molar-refractivity contribution in [3.8, 4) is 0 Å². The summed E-state index contributed by atoms with van der Waals surface area (Å²) < 4.78 is 0. The van der Waals surface area contributed by atoms with Crippen LogP contribution >= 0.6 is 0 Å². The molecule has 0 saturated carbocycles. The van der Waals surface area contributed by atoms with Crippen LogP contribution in [-0.2, 0) is 9.59 Å². The van der Waals surface area contributed by atoms with E-state index in [1.165, 1.54) is 0 Å². The molecule has 86 valence electrons. The second-order valence-corrected chi connectivity index (χ2v) is 4.17. The zero-order valence-electron chi connectivity index (χ0n) is 9.40. The number of aliphatic carboxylic acids is 1. The molecule has 1 fully saturated rings. The van der Waals surface area contributed by atoms with E-state index in [2.05, 4.69) is 0 Å². The quantitative estimate of drug-likeness (QED) is 0.772. The van der Waals surface area contributed by atoms with E-state index in [0.29, 0.717) is 13.0 Å². The Labute approximate surface area is 90.3 Å². The number of carboxylic acids is 1. The van der Waals surface area contributed by atoms with Crippen LogP contribution in [-0.4, -0.2) is 34.5 Å². The molecule has 1 aliphatic rings. The van der Waals surface area contributed by atoms with Crippen LogP contribution in [0.3, 0.4) is 0 Å². The molecule has 2 atom stereocenters. The number of hydrogen-bond donors (Lipinski definition) is 1. The van der Waals surface area contributed by atoms with Gasteiger partial charge < -0.3 is 10.0 Å². The molecule has 1 saturated heterocycles. The maximum absolute atomic E-state index is 11.7. The smallest absolute Gasteiger partial charge is 0.303 e. The topological polar surface area (TPSA) is 57.6 Å². The van der Waals surface area contributed by atoms with Gasteiger partial charge in [0.05, 0.1) is 6.42 Å². The Morgan fingerprint density at radius 3 is 2.80 bits per heavy atom. The summed E-state index contributed by atoms with van der Waals surface area (Å²) in [5.41, 5.74) is 0. The molecule has 0 bridgehead atoms. The molecule has 0 unspecified atom stereocenters. The van der Waals surface area contributed by atoms with E-state index in [1.54, 1.807) is 4.90 Å². The molecule has 1 heterocycles. The van der Waals surface area contributed by atoms with Crippen molar-refractivity contribution >= 4 is 11.9 Å². The Morgan fingerprint density at radius 1 is 1.60 bits per heavy atom. The first kappa shape index (κ1) is 12.0. The average molecular weight is 213 g/mol. The molecule has 0 aromatic carbocycles. The van der Waals surface area contributed by atoms with Gasteiger partial charge in [0.15, 0.2) is 0 Å². The van der Waals surface area contributed by atoms with Gasteiger partial charge in [-0.25, -0.2) is 0 Å². The molecule has 0 aromatic heterocycles. The van der Waals surface area contributed by atoms with Gasteiger partial charge >= 0.3 is 5.97 Å². The normalized spacial score (nSPS) is 27.6.